The van der Waals surface area contributed by atoms with E-state index in [9.17, 15) is 0 Å². The quantitative estimate of drug-likeness (QED) is 0.942. The van der Waals surface area contributed by atoms with Crippen molar-refractivity contribution < 1.29 is 4.74 Å². The predicted molar refractivity (Wildman–Crippen MR) is 81.5 cm³/mol. The Morgan fingerprint density at radius 3 is 2.55 bits per heavy atom. The van der Waals surface area contributed by atoms with Gasteiger partial charge < -0.3 is 10.5 Å². The van der Waals surface area contributed by atoms with Gasteiger partial charge in [0.15, 0.2) is 0 Å². The lowest BCUT2D eigenvalue weighted by Crippen LogP contribution is -2.31. The average Bonchev–Trinajstić information content (AvgIpc) is 2.67. The fourth-order valence-electron chi connectivity index (χ4n) is 2.41. The summed E-state index contributed by atoms with van der Waals surface area (Å²) in [6.07, 6.45) is 0. The van der Waals surface area contributed by atoms with Crippen molar-refractivity contribution in [2.45, 2.75) is 32.9 Å². The molecule has 1 aromatic heterocycles. The smallest absolute Gasteiger partial charge is 0.119 e. The van der Waals surface area contributed by atoms with Crippen LogP contribution in [-0.4, -0.2) is 22.9 Å². The van der Waals surface area contributed by atoms with Crippen LogP contribution in [0.25, 0.3) is 0 Å². The summed E-state index contributed by atoms with van der Waals surface area (Å²) < 4.78 is 7.18. The summed E-state index contributed by atoms with van der Waals surface area (Å²) in [4.78, 5) is 0. The van der Waals surface area contributed by atoms with Gasteiger partial charge in [-0.25, -0.2) is 0 Å². The molecule has 0 saturated carbocycles. The molecule has 0 aliphatic heterocycles. The molecule has 1 aromatic carbocycles. The van der Waals surface area contributed by atoms with Gasteiger partial charge in [0.05, 0.1) is 29.6 Å². The van der Waals surface area contributed by atoms with Crippen LogP contribution in [0, 0.1) is 13.8 Å². The number of nitrogens with zero attached hydrogens (tertiary/aromatic N) is 2. The number of aryl methyl sites for hydroxylation is 1. The molecule has 0 bridgehead atoms. The van der Waals surface area contributed by atoms with Gasteiger partial charge >= 0.3 is 0 Å². The number of hydrogen-bond acceptors (Lipinski definition) is 3. The third-order valence-corrected chi connectivity index (χ3v) is 3.98. The molecular weight excluding hydrogens is 274 g/mol. The van der Waals surface area contributed by atoms with Gasteiger partial charge in [-0.2, -0.15) is 5.10 Å². The Morgan fingerprint density at radius 1 is 1.35 bits per heavy atom. The highest BCUT2D eigenvalue weighted by Crippen LogP contribution is 2.29. The van der Waals surface area contributed by atoms with Crippen LogP contribution in [-0.2, 0) is 0 Å². The van der Waals surface area contributed by atoms with E-state index in [4.69, 9.17) is 22.1 Å². The topological polar surface area (TPSA) is 53.1 Å². The summed E-state index contributed by atoms with van der Waals surface area (Å²) >= 11 is 6.24. The minimum atomic E-state index is -0.101. The van der Waals surface area contributed by atoms with Crippen LogP contribution in [0.1, 0.15) is 29.9 Å². The van der Waals surface area contributed by atoms with Crippen LogP contribution in [0.5, 0.6) is 5.75 Å². The predicted octanol–water partition coefficient (Wildman–Crippen LogP) is 3.10. The number of rotatable bonds is 4. The standard InChI is InChI=1S/C15H20ClN3O/c1-9(17)15(12-6-5-7-13(8-12)20-4)19-11(3)14(16)10(2)18-19/h5-9,15H,17H2,1-4H3. The molecule has 20 heavy (non-hydrogen) atoms. The Bertz CT molecular complexity index is 607. The number of benzene rings is 1. The van der Waals surface area contributed by atoms with Gasteiger partial charge in [0.1, 0.15) is 5.75 Å². The molecule has 1 heterocycles. The first kappa shape index (κ1) is 14.9. The van der Waals surface area contributed by atoms with Crippen molar-refractivity contribution in [2.75, 3.05) is 7.11 Å². The number of aromatic nitrogens is 2. The van der Waals surface area contributed by atoms with Gasteiger partial charge in [-0.05, 0) is 38.5 Å². The normalized spacial score (nSPS) is 14.1. The summed E-state index contributed by atoms with van der Waals surface area (Å²) in [5.74, 6) is 0.806. The maximum atomic E-state index is 6.24. The average molecular weight is 294 g/mol. The molecule has 0 aliphatic rings. The van der Waals surface area contributed by atoms with E-state index in [1.807, 2.05) is 49.7 Å². The zero-order valence-electron chi connectivity index (χ0n) is 12.2. The van der Waals surface area contributed by atoms with Crippen molar-refractivity contribution in [2.24, 2.45) is 5.73 Å². The Labute approximate surface area is 124 Å². The van der Waals surface area contributed by atoms with Gasteiger partial charge in [-0.1, -0.05) is 23.7 Å². The van der Waals surface area contributed by atoms with Crippen LogP contribution >= 0.6 is 11.6 Å². The first-order valence-electron chi connectivity index (χ1n) is 6.56. The van der Waals surface area contributed by atoms with Crippen LogP contribution < -0.4 is 10.5 Å². The van der Waals surface area contributed by atoms with Crippen LogP contribution in [0.15, 0.2) is 24.3 Å². The molecule has 0 saturated heterocycles. The second-order valence-electron chi connectivity index (χ2n) is 5.01. The molecule has 0 fully saturated rings. The zero-order valence-corrected chi connectivity index (χ0v) is 13.0. The molecular formula is C15H20ClN3O. The molecule has 108 valence electrons. The Morgan fingerprint density at radius 2 is 2.05 bits per heavy atom. The lowest BCUT2D eigenvalue weighted by atomic mass is 10.0. The van der Waals surface area contributed by atoms with Crippen LogP contribution in [0.2, 0.25) is 5.02 Å². The second-order valence-corrected chi connectivity index (χ2v) is 5.39. The minimum absolute atomic E-state index is 0.0729. The number of ether oxygens (including phenoxy) is 1. The number of nitrogens with two attached hydrogens (primary N) is 1. The Balaban J connectivity index is 2.53. The SMILES string of the molecule is COc1cccc(C(C(C)N)n2nc(C)c(Cl)c2C)c1. The van der Waals surface area contributed by atoms with E-state index >= 15 is 0 Å². The molecule has 2 unspecified atom stereocenters. The van der Waals surface area contributed by atoms with Crippen molar-refractivity contribution in [3.8, 4) is 5.75 Å². The molecule has 2 aromatic rings. The molecule has 0 spiro atoms. The van der Waals surface area contributed by atoms with Crippen molar-refractivity contribution in [3.63, 3.8) is 0 Å². The largest absolute Gasteiger partial charge is 0.497 e. The Hall–Kier alpha value is -1.52. The van der Waals surface area contributed by atoms with E-state index in [1.165, 1.54) is 0 Å². The van der Waals surface area contributed by atoms with E-state index < -0.39 is 0 Å². The zero-order chi connectivity index (χ0) is 14.9. The summed E-state index contributed by atoms with van der Waals surface area (Å²) in [6, 6.07) is 7.71. The van der Waals surface area contributed by atoms with Crippen molar-refractivity contribution >= 4 is 11.6 Å². The molecule has 0 radical (unpaired) electrons. The lowest BCUT2D eigenvalue weighted by Gasteiger charge is -2.23. The highest BCUT2D eigenvalue weighted by Gasteiger charge is 2.23. The summed E-state index contributed by atoms with van der Waals surface area (Å²) in [6.45, 7) is 5.82. The summed E-state index contributed by atoms with van der Waals surface area (Å²) in [7, 11) is 1.65. The van der Waals surface area contributed by atoms with Gasteiger partial charge in [-0.3, -0.25) is 4.68 Å². The molecule has 5 heteroatoms. The molecule has 4 nitrogen and oxygen atoms in total. The maximum Gasteiger partial charge on any atom is 0.119 e. The van der Waals surface area contributed by atoms with Crippen LogP contribution in [0.3, 0.4) is 0 Å². The Kier molecular flexibility index (Phi) is 4.35. The van der Waals surface area contributed by atoms with E-state index in [2.05, 4.69) is 5.10 Å². The van der Waals surface area contributed by atoms with Gasteiger partial charge in [0.25, 0.3) is 0 Å². The molecule has 0 amide bonds. The van der Waals surface area contributed by atoms with E-state index in [0.29, 0.717) is 5.02 Å². The fraction of sp³-hybridized carbons (Fsp3) is 0.400. The highest BCUT2D eigenvalue weighted by atomic mass is 35.5. The van der Waals surface area contributed by atoms with Gasteiger partial charge in [0, 0.05) is 6.04 Å². The lowest BCUT2D eigenvalue weighted by molar-refractivity contribution is 0.408. The van der Waals surface area contributed by atoms with Crippen molar-refractivity contribution in [3.05, 3.63) is 46.2 Å². The number of methoxy groups -OCH3 is 1. The molecule has 2 atom stereocenters. The number of hydrogen-bond donors (Lipinski definition) is 1. The fourth-order valence-corrected chi connectivity index (χ4v) is 2.53. The minimum Gasteiger partial charge on any atom is -0.497 e. The molecule has 2 rings (SSSR count). The summed E-state index contributed by atoms with van der Waals surface area (Å²) in [5, 5.41) is 5.22. The van der Waals surface area contributed by atoms with Gasteiger partial charge in [0.2, 0.25) is 0 Å². The van der Waals surface area contributed by atoms with Gasteiger partial charge in [-0.15, -0.1) is 0 Å². The second kappa shape index (κ2) is 5.85. The van der Waals surface area contributed by atoms with Crippen molar-refractivity contribution in [1.82, 2.24) is 9.78 Å². The molecule has 2 N–H and O–H groups in total. The monoisotopic (exact) mass is 293 g/mol. The highest BCUT2D eigenvalue weighted by molar-refractivity contribution is 6.31. The third-order valence-electron chi connectivity index (χ3n) is 3.43. The first-order valence-corrected chi connectivity index (χ1v) is 6.94. The first-order chi connectivity index (χ1) is 9.45. The van der Waals surface area contributed by atoms with Crippen LogP contribution in [0.4, 0.5) is 0 Å². The van der Waals surface area contributed by atoms with E-state index in [0.717, 1.165) is 22.7 Å². The number of halogens is 1. The maximum absolute atomic E-state index is 6.24. The molecule has 0 aliphatic carbocycles. The third kappa shape index (κ3) is 2.67. The van der Waals surface area contributed by atoms with E-state index in [-0.39, 0.29) is 12.1 Å². The summed E-state index contributed by atoms with van der Waals surface area (Å²) in [5.41, 5.74) is 8.98. The van der Waals surface area contributed by atoms with Crippen molar-refractivity contribution in [1.29, 1.82) is 0 Å². The van der Waals surface area contributed by atoms with E-state index in [1.54, 1.807) is 7.11 Å².